The van der Waals surface area contributed by atoms with E-state index in [2.05, 4.69) is 24.3 Å². The molecule has 21 heavy (non-hydrogen) atoms. The maximum absolute atomic E-state index is 13.5. The molecule has 0 aliphatic rings. The predicted molar refractivity (Wildman–Crippen MR) is 81.0 cm³/mol. The summed E-state index contributed by atoms with van der Waals surface area (Å²) < 4.78 is 20.5. The van der Waals surface area contributed by atoms with Crippen molar-refractivity contribution in [2.24, 2.45) is 0 Å². The van der Waals surface area contributed by atoms with Crippen LogP contribution >= 0.6 is 0 Å². The molecule has 0 radical (unpaired) electrons. The number of methoxy groups -OCH3 is 1. The molecule has 1 N–H and O–H groups in total. The lowest BCUT2D eigenvalue weighted by Gasteiger charge is -2.18. The number of nitrogens with one attached hydrogen (secondary N) is 1. The Kier molecular flexibility index (Phi) is 5.33. The molecule has 1 aromatic heterocycles. The quantitative estimate of drug-likeness (QED) is 0.852. The standard InChI is InChI=1S/C16H22FN3O/c1-4-18-15(8-12-10-19-20(5-2)11-12)13-6-7-14(17)16(9-13)21-3/h6-7,9-11,15,18H,4-5,8H2,1-3H3. The van der Waals surface area contributed by atoms with E-state index in [1.165, 1.54) is 13.2 Å². The van der Waals surface area contributed by atoms with Crippen LogP contribution in [-0.4, -0.2) is 23.4 Å². The Morgan fingerprint density at radius 1 is 1.38 bits per heavy atom. The van der Waals surface area contributed by atoms with Crippen LogP contribution in [0.15, 0.2) is 30.6 Å². The summed E-state index contributed by atoms with van der Waals surface area (Å²) in [6, 6.07) is 5.12. The van der Waals surface area contributed by atoms with E-state index in [4.69, 9.17) is 4.74 Å². The molecule has 1 heterocycles. The summed E-state index contributed by atoms with van der Waals surface area (Å²) in [5, 5.41) is 7.72. The van der Waals surface area contributed by atoms with Gasteiger partial charge in [-0.1, -0.05) is 13.0 Å². The predicted octanol–water partition coefficient (Wildman–Crippen LogP) is 2.94. The van der Waals surface area contributed by atoms with Crippen molar-refractivity contribution in [2.45, 2.75) is 32.9 Å². The van der Waals surface area contributed by atoms with E-state index < -0.39 is 0 Å². The van der Waals surface area contributed by atoms with Gasteiger partial charge in [0.05, 0.1) is 13.3 Å². The number of benzene rings is 1. The third-order valence-corrected chi connectivity index (χ3v) is 3.48. The number of halogens is 1. The number of aryl methyl sites for hydroxylation is 1. The van der Waals surface area contributed by atoms with Crippen LogP contribution in [0.25, 0.3) is 0 Å². The number of ether oxygens (including phenoxy) is 1. The van der Waals surface area contributed by atoms with Crippen molar-refractivity contribution in [2.75, 3.05) is 13.7 Å². The van der Waals surface area contributed by atoms with Gasteiger partial charge < -0.3 is 10.1 Å². The van der Waals surface area contributed by atoms with Crippen molar-refractivity contribution in [1.82, 2.24) is 15.1 Å². The topological polar surface area (TPSA) is 39.1 Å². The summed E-state index contributed by atoms with van der Waals surface area (Å²) in [7, 11) is 1.48. The maximum atomic E-state index is 13.5. The van der Waals surface area contributed by atoms with Crippen LogP contribution in [0.4, 0.5) is 4.39 Å². The van der Waals surface area contributed by atoms with Gasteiger partial charge in [-0.05, 0) is 43.1 Å². The third kappa shape index (κ3) is 3.82. The molecule has 2 aromatic rings. The molecule has 0 fully saturated rings. The molecule has 5 heteroatoms. The summed E-state index contributed by atoms with van der Waals surface area (Å²) in [5.41, 5.74) is 2.17. The number of nitrogens with zero attached hydrogens (tertiary/aromatic N) is 2. The van der Waals surface area contributed by atoms with Crippen molar-refractivity contribution in [3.8, 4) is 5.75 Å². The van der Waals surface area contributed by atoms with Gasteiger partial charge in [0.25, 0.3) is 0 Å². The summed E-state index contributed by atoms with van der Waals surface area (Å²) in [6.07, 6.45) is 4.74. The Labute approximate surface area is 124 Å². The molecule has 1 aromatic carbocycles. The molecule has 1 atom stereocenters. The van der Waals surface area contributed by atoms with E-state index in [1.54, 1.807) is 12.1 Å². The van der Waals surface area contributed by atoms with E-state index in [1.807, 2.05) is 17.1 Å². The normalized spacial score (nSPS) is 12.4. The fraction of sp³-hybridized carbons (Fsp3) is 0.438. The van der Waals surface area contributed by atoms with Crippen LogP contribution in [0, 0.1) is 5.82 Å². The summed E-state index contributed by atoms with van der Waals surface area (Å²) in [6.45, 7) is 5.81. The van der Waals surface area contributed by atoms with Crippen molar-refractivity contribution < 1.29 is 9.13 Å². The van der Waals surface area contributed by atoms with E-state index >= 15 is 0 Å². The van der Waals surface area contributed by atoms with Crippen LogP contribution in [0.2, 0.25) is 0 Å². The van der Waals surface area contributed by atoms with Crippen LogP contribution in [0.5, 0.6) is 5.75 Å². The van der Waals surface area contributed by atoms with Crippen LogP contribution in [0.3, 0.4) is 0 Å². The van der Waals surface area contributed by atoms with Gasteiger partial charge in [0, 0.05) is 18.8 Å². The summed E-state index contributed by atoms with van der Waals surface area (Å²) in [4.78, 5) is 0. The van der Waals surface area contributed by atoms with Gasteiger partial charge in [-0.3, -0.25) is 4.68 Å². The van der Waals surface area contributed by atoms with Gasteiger partial charge in [0.1, 0.15) is 0 Å². The molecule has 4 nitrogen and oxygen atoms in total. The first-order chi connectivity index (χ1) is 10.2. The molecule has 1 unspecified atom stereocenters. The smallest absolute Gasteiger partial charge is 0.165 e. The Morgan fingerprint density at radius 2 is 2.19 bits per heavy atom. The minimum atomic E-state index is -0.338. The van der Waals surface area contributed by atoms with Gasteiger partial charge >= 0.3 is 0 Å². The first kappa shape index (κ1) is 15.5. The first-order valence-electron chi connectivity index (χ1n) is 7.26. The molecular formula is C16H22FN3O. The highest BCUT2D eigenvalue weighted by atomic mass is 19.1. The van der Waals surface area contributed by atoms with E-state index in [0.29, 0.717) is 0 Å². The SMILES string of the molecule is CCNC(Cc1cnn(CC)c1)c1ccc(F)c(OC)c1. The molecular weight excluding hydrogens is 269 g/mol. The Balaban J connectivity index is 2.21. The molecule has 0 saturated carbocycles. The lowest BCUT2D eigenvalue weighted by molar-refractivity contribution is 0.384. The maximum Gasteiger partial charge on any atom is 0.165 e. The average molecular weight is 291 g/mol. The Bertz CT molecular complexity index is 583. The highest BCUT2D eigenvalue weighted by Gasteiger charge is 2.15. The molecule has 0 aliphatic heterocycles. The van der Waals surface area contributed by atoms with Gasteiger partial charge in [-0.15, -0.1) is 0 Å². The van der Waals surface area contributed by atoms with Crippen LogP contribution in [0.1, 0.15) is 31.0 Å². The Hall–Kier alpha value is -1.88. The molecule has 114 valence electrons. The highest BCUT2D eigenvalue weighted by molar-refractivity contribution is 5.33. The number of aromatic nitrogens is 2. The number of hydrogen-bond acceptors (Lipinski definition) is 3. The van der Waals surface area contributed by atoms with Gasteiger partial charge in [-0.25, -0.2) is 4.39 Å². The van der Waals surface area contributed by atoms with E-state index in [0.717, 1.165) is 30.6 Å². The van der Waals surface area contributed by atoms with Crippen molar-refractivity contribution in [3.63, 3.8) is 0 Å². The largest absolute Gasteiger partial charge is 0.494 e. The van der Waals surface area contributed by atoms with Crippen molar-refractivity contribution in [1.29, 1.82) is 0 Å². The minimum Gasteiger partial charge on any atom is -0.494 e. The fourth-order valence-electron chi connectivity index (χ4n) is 2.37. The lowest BCUT2D eigenvalue weighted by atomic mass is 10.00. The van der Waals surface area contributed by atoms with Crippen molar-refractivity contribution >= 4 is 0 Å². The lowest BCUT2D eigenvalue weighted by Crippen LogP contribution is -2.23. The zero-order chi connectivity index (χ0) is 15.2. The second-order valence-corrected chi connectivity index (χ2v) is 4.91. The van der Waals surface area contributed by atoms with Gasteiger partial charge in [-0.2, -0.15) is 5.10 Å². The molecule has 0 saturated heterocycles. The Morgan fingerprint density at radius 3 is 2.81 bits per heavy atom. The van der Waals surface area contributed by atoms with Crippen LogP contribution in [-0.2, 0) is 13.0 Å². The molecule has 0 aliphatic carbocycles. The monoisotopic (exact) mass is 291 g/mol. The summed E-state index contributed by atoms with van der Waals surface area (Å²) >= 11 is 0. The highest BCUT2D eigenvalue weighted by Crippen LogP contribution is 2.25. The van der Waals surface area contributed by atoms with E-state index in [-0.39, 0.29) is 17.6 Å². The fourth-order valence-corrected chi connectivity index (χ4v) is 2.37. The zero-order valence-corrected chi connectivity index (χ0v) is 12.8. The van der Waals surface area contributed by atoms with Gasteiger partial charge in [0.15, 0.2) is 11.6 Å². The zero-order valence-electron chi connectivity index (χ0n) is 12.8. The number of hydrogen-bond donors (Lipinski definition) is 1. The van der Waals surface area contributed by atoms with Gasteiger partial charge in [0.2, 0.25) is 0 Å². The van der Waals surface area contributed by atoms with Crippen LogP contribution < -0.4 is 10.1 Å². The summed E-state index contributed by atoms with van der Waals surface area (Å²) in [5.74, 6) is -0.0602. The molecule has 0 spiro atoms. The third-order valence-electron chi connectivity index (χ3n) is 3.48. The first-order valence-corrected chi connectivity index (χ1v) is 7.26. The second kappa shape index (κ2) is 7.22. The number of likely N-dealkylation sites (N-methyl/N-ethyl adjacent to an activating group) is 1. The average Bonchev–Trinajstić information content (AvgIpc) is 2.95. The van der Waals surface area contributed by atoms with E-state index in [9.17, 15) is 4.39 Å². The number of rotatable bonds is 7. The molecule has 2 rings (SSSR count). The molecule has 0 amide bonds. The minimum absolute atomic E-state index is 0.110. The molecule has 0 bridgehead atoms. The van der Waals surface area contributed by atoms with Crippen molar-refractivity contribution in [3.05, 3.63) is 47.5 Å². The second-order valence-electron chi connectivity index (χ2n) is 4.91.